The lowest BCUT2D eigenvalue weighted by atomic mass is 10.0. The van der Waals surface area contributed by atoms with Crippen molar-refractivity contribution in [2.24, 2.45) is 15.2 Å². The number of benzene rings is 5. The van der Waals surface area contributed by atoms with Gasteiger partial charge in [0.15, 0.2) is 0 Å². The smallest absolute Gasteiger partial charge is 0.343 e. The first-order chi connectivity index (χ1) is 29.1. The highest BCUT2D eigenvalue weighted by Gasteiger charge is 2.10. The first-order valence-corrected chi connectivity index (χ1v) is 22.0. The van der Waals surface area contributed by atoms with Crippen molar-refractivity contribution in [3.8, 4) is 28.4 Å². The van der Waals surface area contributed by atoms with Crippen molar-refractivity contribution in [2.75, 3.05) is 13.2 Å². The molecule has 5 rings (SSSR count). The first-order valence-electron chi connectivity index (χ1n) is 22.0. The Morgan fingerprint density at radius 3 is 1.44 bits per heavy atom. The summed E-state index contributed by atoms with van der Waals surface area (Å²) in [6, 6.07) is 38.2. The Morgan fingerprint density at radius 1 is 0.475 bits per heavy atom. The van der Waals surface area contributed by atoms with E-state index in [0.717, 1.165) is 71.3 Å². The van der Waals surface area contributed by atoms with E-state index in [4.69, 9.17) is 14.2 Å². The molecule has 0 fully saturated rings. The molecule has 0 aliphatic heterocycles. The Balaban J connectivity index is 1.01. The van der Waals surface area contributed by atoms with Crippen LogP contribution < -0.4 is 14.2 Å². The number of unbranched alkanes of at least 4 members (excludes halogenated alkanes) is 14. The topological polar surface area (TPSA) is 81.8 Å². The minimum absolute atomic E-state index is 0.418. The molecule has 310 valence electrons. The number of esters is 1. The highest BCUT2D eigenvalue weighted by Crippen LogP contribution is 2.26. The van der Waals surface area contributed by atoms with E-state index >= 15 is 0 Å². The van der Waals surface area contributed by atoms with E-state index < -0.39 is 5.97 Å². The molecule has 0 aliphatic rings. The highest BCUT2D eigenvalue weighted by atomic mass is 16.5. The molecule has 5 aromatic rings. The summed E-state index contributed by atoms with van der Waals surface area (Å²) >= 11 is 0. The van der Waals surface area contributed by atoms with Crippen LogP contribution in [0.25, 0.3) is 11.1 Å². The van der Waals surface area contributed by atoms with E-state index in [0.29, 0.717) is 11.3 Å². The summed E-state index contributed by atoms with van der Waals surface area (Å²) in [6.45, 7) is 6.00. The van der Waals surface area contributed by atoms with Gasteiger partial charge in [-0.3, -0.25) is 4.99 Å². The minimum atomic E-state index is -0.418. The molecule has 59 heavy (non-hydrogen) atoms. The van der Waals surface area contributed by atoms with Gasteiger partial charge in [0.05, 0.1) is 35.8 Å². The number of ether oxygens (including phenoxy) is 3. The van der Waals surface area contributed by atoms with Crippen LogP contribution in [0.5, 0.6) is 17.2 Å². The van der Waals surface area contributed by atoms with E-state index in [1.165, 1.54) is 89.9 Å². The van der Waals surface area contributed by atoms with Gasteiger partial charge in [0.1, 0.15) is 17.2 Å². The molecule has 0 aliphatic carbocycles. The Kier molecular flexibility index (Phi) is 20.0. The van der Waals surface area contributed by atoms with Gasteiger partial charge in [-0.2, -0.15) is 10.2 Å². The van der Waals surface area contributed by atoms with Crippen LogP contribution in [0.3, 0.4) is 0 Å². The lowest BCUT2D eigenvalue weighted by molar-refractivity contribution is 0.0734. The molecule has 7 heteroatoms. The summed E-state index contributed by atoms with van der Waals surface area (Å²) in [5.74, 6) is 1.77. The average Bonchev–Trinajstić information content (AvgIpc) is 3.27. The van der Waals surface area contributed by atoms with Crippen LogP contribution in [0.4, 0.5) is 17.1 Å². The van der Waals surface area contributed by atoms with Crippen molar-refractivity contribution in [3.63, 3.8) is 0 Å². The van der Waals surface area contributed by atoms with Gasteiger partial charge in [-0.05, 0) is 114 Å². The first kappa shape index (κ1) is 44.5. The SMILES string of the molecule is CCCCCCCCCCOc1ccc(N=Nc2ccc(N=Cc3cccc(OC(=O)c4ccc(-c5ccc(OCCCCCCCCCC)cc5)cc4)c3)cc2)cc1. The maximum atomic E-state index is 13.0. The molecule has 0 bridgehead atoms. The zero-order valence-corrected chi connectivity index (χ0v) is 35.3. The average molecular weight is 794 g/mol. The quantitative estimate of drug-likeness (QED) is 0.0174. The highest BCUT2D eigenvalue weighted by molar-refractivity contribution is 5.92. The predicted octanol–water partition coefficient (Wildman–Crippen LogP) is 15.8. The van der Waals surface area contributed by atoms with E-state index in [9.17, 15) is 4.79 Å². The molecule has 0 atom stereocenters. The number of azo groups is 1. The van der Waals surface area contributed by atoms with Gasteiger partial charge in [-0.25, -0.2) is 4.79 Å². The monoisotopic (exact) mass is 793 g/mol. The number of aliphatic imine (C=N–C) groups is 1. The number of nitrogens with zero attached hydrogens (tertiary/aromatic N) is 3. The van der Waals surface area contributed by atoms with E-state index in [1.807, 2.05) is 84.9 Å². The maximum absolute atomic E-state index is 13.0. The normalized spacial score (nSPS) is 11.4. The van der Waals surface area contributed by atoms with Gasteiger partial charge in [0.25, 0.3) is 0 Å². The van der Waals surface area contributed by atoms with Gasteiger partial charge >= 0.3 is 5.97 Å². The number of hydrogen-bond donors (Lipinski definition) is 0. The number of hydrogen-bond acceptors (Lipinski definition) is 7. The zero-order valence-electron chi connectivity index (χ0n) is 35.3. The Bertz CT molecular complexity index is 1970. The lowest BCUT2D eigenvalue weighted by Gasteiger charge is -2.09. The number of carbonyl (C=O) groups is 1. The summed E-state index contributed by atoms with van der Waals surface area (Å²) in [5, 5.41) is 8.75. The van der Waals surface area contributed by atoms with Crippen molar-refractivity contribution < 1.29 is 19.0 Å². The fourth-order valence-electron chi connectivity index (χ4n) is 6.70. The van der Waals surface area contributed by atoms with E-state index in [2.05, 4.69) is 41.2 Å². The van der Waals surface area contributed by atoms with Crippen LogP contribution >= 0.6 is 0 Å². The second-order valence-electron chi connectivity index (χ2n) is 15.2. The third-order valence-corrected chi connectivity index (χ3v) is 10.2. The maximum Gasteiger partial charge on any atom is 0.343 e. The molecule has 5 aromatic carbocycles. The molecule has 0 heterocycles. The van der Waals surface area contributed by atoms with Gasteiger partial charge in [-0.15, -0.1) is 0 Å². The van der Waals surface area contributed by atoms with Gasteiger partial charge in [0, 0.05) is 6.21 Å². The van der Waals surface area contributed by atoms with Crippen LogP contribution in [-0.2, 0) is 0 Å². The number of carbonyl (C=O) groups excluding carboxylic acids is 1. The molecule has 0 unspecified atom stereocenters. The molecule has 0 radical (unpaired) electrons. The van der Waals surface area contributed by atoms with Crippen LogP contribution in [0.15, 0.2) is 137 Å². The van der Waals surface area contributed by atoms with Crippen LogP contribution in [0.2, 0.25) is 0 Å². The molecule has 0 spiro atoms. The van der Waals surface area contributed by atoms with E-state index in [1.54, 1.807) is 30.5 Å². The lowest BCUT2D eigenvalue weighted by Crippen LogP contribution is -2.08. The van der Waals surface area contributed by atoms with Gasteiger partial charge < -0.3 is 14.2 Å². The summed E-state index contributed by atoms with van der Waals surface area (Å²) in [4.78, 5) is 17.6. The Labute approximate surface area is 353 Å². The van der Waals surface area contributed by atoms with Crippen molar-refractivity contribution >= 4 is 29.2 Å². The summed E-state index contributed by atoms with van der Waals surface area (Å²) < 4.78 is 17.6. The second kappa shape index (κ2) is 26.4. The largest absolute Gasteiger partial charge is 0.494 e. The van der Waals surface area contributed by atoms with Crippen molar-refractivity contribution in [3.05, 3.63) is 132 Å². The molecule has 0 saturated heterocycles. The standard InChI is InChI=1S/C52H63N3O4/c1-3-5-7-9-11-13-15-17-38-57-49-34-26-44(27-35-49)43-22-24-45(25-23-43)52(56)59-51-21-19-20-42(40-51)41-53-46-28-30-47(31-29-46)54-55-48-32-36-50(37-33-48)58-39-18-16-14-12-10-8-6-4-2/h19-37,40-41H,3-18,38-39H2,1-2H3. The van der Waals surface area contributed by atoms with Crippen LogP contribution in [0, 0.1) is 0 Å². The molecule has 7 nitrogen and oxygen atoms in total. The van der Waals surface area contributed by atoms with Crippen molar-refractivity contribution in [2.45, 2.75) is 117 Å². The fraction of sp³-hybridized carbons (Fsp3) is 0.385. The summed E-state index contributed by atoms with van der Waals surface area (Å²) in [5.41, 5.74) is 5.63. The van der Waals surface area contributed by atoms with Crippen LogP contribution in [0.1, 0.15) is 133 Å². The predicted molar refractivity (Wildman–Crippen MR) is 244 cm³/mol. The van der Waals surface area contributed by atoms with Crippen LogP contribution in [-0.4, -0.2) is 25.4 Å². The molecule has 0 aromatic heterocycles. The third-order valence-electron chi connectivity index (χ3n) is 10.2. The minimum Gasteiger partial charge on any atom is -0.494 e. The Morgan fingerprint density at radius 2 is 0.915 bits per heavy atom. The second-order valence-corrected chi connectivity index (χ2v) is 15.2. The van der Waals surface area contributed by atoms with Crippen molar-refractivity contribution in [1.82, 2.24) is 0 Å². The van der Waals surface area contributed by atoms with Gasteiger partial charge in [0.2, 0.25) is 0 Å². The summed E-state index contributed by atoms with van der Waals surface area (Å²) in [7, 11) is 0. The zero-order chi connectivity index (χ0) is 41.2. The molecule has 0 N–H and O–H groups in total. The molecular formula is C52H63N3O4. The molecular weight excluding hydrogens is 731 g/mol. The molecule has 0 amide bonds. The fourth-order valence-corrected chi connectivity index (χ4v) is 6.70. The number of rotatable bonds is 27. The van der Waals surface area contributed by atoms with Gasteiger partial charge in [-0.1, -0.05) is 140 Å². The Hall–Kier alpha value is -5.56. The third kappa shape index (κ3) is 17.1. The summed E-state index contributed by atoms with van der Waals surface area (Å²) in [6.07, 6.45) is 22.3. The van der Waals surface area contributed by atoms with E-state index in [-0.39, 0.29) is 0 Å². The molecule has 0 saturated carbocycles. The van der Waals surface area contributed by atoms with Crippen molar-refractivity contribution in [1.29, 1.82) is 0 Å².